The van der Waals surface area contributed by atoms with Crippen molar-refractivity contribution < 1.29 is 29.1 Å². The summed E-state index contributed by atoms with van der Waals surface area (Å²) in [7, 11) is 0. The smallest absolute Gasteiger partial charge is 0.339 e. The molecule has 0 amide bonds. The topological polar surface area (TPSA) is 173 Å². The molecule has 0 heterocycles. The zero-order valence-corrected chi connectivity index (χ0v) is 18.4. The largest absolute Gasteiger partial charge is 0.445 e. The minimum Gasteiger partial charge on any atom is -0.445 e. The summed E-state index contributed by atoms with van der Waals surface area (Å²) in [6.07, 6.45) is -1.59. The maximum Gasteiger partial charge on any atom is 0.339 e. The highest BCUT2D eigenvalue weighted by molar-refractivity contribution is 9.10. The molecule has 13 heteroatoms. The van der Waals surface area contributed by atoms with Crippen molar-refractivity contribution in [3.63, 3.8) is 0 Å². The Morgan fingerprint density at radius 3 is 1.76 bits per heavy atom. The van der Waals surface area contributed by atoms with Gasteiger partial charge in [0.25, 0.3) is 17.1 Å². The molecule has 0 bridgehead atoms. The van der Waals surface area contributed by atoms with E-state index >= 15 is 0 Å². The van der Waals surface area contributed by atoms with Crippen molar-refractivity contribution in [2.75, 3.05) is 0 Å². The van der Waals surface area contributed by atoms with E-state index in [1.807, 2.05) is 0 Å². The summed E-state index contributed by atoms with van der Waals surface area (Å²) >= 11 is 2.78. The van der Waals surface area contributed by atoms with Crippen LogP contribution in [0.25, 0.3) is 0 Å². The summed E-state index contributed by atoms with van der Waals surface area (Å²) < 4.78 is 4.89. The molecule has 1 atom stereocenters. The highest BCUT2D eigenvalue weighted by Gasteiger charge is 2.31. The SMILES string of the molecule is O=C(O[C@@H](C(=O)c1ccccc1)c1ccc([N+](=O)[O-])cc1)c1cc([N+](=O)[O-])c(Br)c([N+](=O)[O-])c1. The molecule has 3 aromatic rings. The molecule has 3 aromatic carbocycles. The van der Waals surface area contributed by atoms with E-state index in [-0.39, 0.29) is 16.8 Å². The molecule has 3 rings (SSSR count). The number of hydrogen-bond acceptors (Lipinski definition) is 9. The van der Waals surface area contributed by atoms with Gasteiger partial charge in [0, 0.05) is 35.4 Å². The van der Waals surface area contributed by atoms with Crippen LogP contribution in [-0.2, 0) is 4.74 Å². The monoisotopic (exact) mass is 529 g/mol. The van der Waals surface area contributed by atoms with Crippen LogP contribution in [0.1, 0.15) is 32.4 Å². The van der Waals surface area contributed by atoms with Gasteiger partial charge in [-0.25, -0.2) is 4.79 Å². The molecule has 172 valence electrons. The Hall–Kier alpha value is -4.52. The van der Waals surface area contributed by atoms with Crippen molar-refractivity contribution >= 4 is 44.7 Å². The molecule has 0 spiro atoms. The molecule has 0 aromatic heterocycles. The van der Waals surface area contributed by atoms with Crippen molar-refractivity contribution in [3.05, 3.63) is 118 Å². The van der Waals surface area contributed by atoms with E-state index in [1.54, 1.807) is 18.2 Å². The van der Waals surface area contributed by atoms with Gasteiger partial charge in [0.15, 0.2) is 10.6 Å². The summed E-state index contributed by atoms with van der Waals surface area (Å²) in [4.78, 5) is 57.0. The summed E-state index contributed by atoms with van der Waals surface area (Å²) in [6.45, 7) is 0. The van der Waals surface area contributed by atoms with Crippen LogP contribution in [0, 0.1) is 30.3 Å². The van der Waals surface area contributed by atoms with Gasteiger partial charge in [-0.1, -0.05) is 30.3 Å². The van der Waals surface area contributed by atoms with Crippen molar-refractivity contribution in [3.8, 4) is 0 Å². The summed E-state index contributed by atoms with van der Waals surface area (Å²) in [5.74, 6) is -1.92. The van der Waals surface area contributed by atoms with Crippen molar-refractivity contribution in [1.82, 2.24) is 0 Å². The predicted octanol–water partition coefficient (Wildman–Crippen LogP) is 4.95. The molecule has 0 radical (unpaired) electrons. The average molecular weight is 530 g/mol. The number of ketones is 1. The number of nitro benzene ring substituents is 3. The van der Waals surface area contributed by atoms with Crippen molar-refractivity contribution in [2.24, 2.45) is 0 Å². The van der Waals surface area contributed by atoms with Crippen LogP contribution in [0.2, 0.25) is 0 Å². The number of benzene rings is 3. The van der Waals surface area contributed by atoms with Crippen LogP contribution in [-0.4, -0.2) is 26.5 Å². The molecule has 0 N–H and O–H groups in total. The molecular weight excluding hydrogens is 518 g/mol. The number of ether oxygens (including phenoxy) is 1. The molecular formula is C21H12BrN3O9. The minimum absolute atomic E-state index is 0.0916. The first-order chi connectivity index (χ1) is 16.1. The molecule has 0 aliphatic rings. The van der Waals surface area contributed by atoms with Gasteiger partial charge in [-0.05, 0) is 28.1 Å². The molecule has 0 fully saturated rings. The van der Waals surface area contributed by atoms with Gasteiger partial charge in [0.05, 0.1) is 20.3 Å². The Kier molecular flexibility index (Phi) is 7.06. The van der Waals surface area contributed by atoms with E-state index in [0.717, 1.165) is 24.3 Å². The quantitative estimate of drug-likeness (QED) is 0.169. The molecule has 0 saturated carbocycles. The number of esters is 1. The Bertz CT molecular complexity index is 1280. The number of nitro groups is 3. The number of carbonyl (C=O) groups excluding carboxylic acids is 2. The standard InChI is InChI=1S/C21H12BrN3O9/c22-18-16(24(30)31)10-14(11-17(18)25(32)33)21(27)34-20(19(26)12-4-2-1-3-5-12)13-6-8-15(9-7-13)23(28)29/h1-11,20H/t20-/m1/s1. The summed E-state index contributed by atoms with van der Waals surface area (Å²) in [5, 5.41) is 33.5. The Labute approximate surface area is 198 Å². The predicted molar refractivity (Wildman–Crippen MR) is 119 cm³/mol. The van der Waals surface area contributed by atoms with Gasteiger partial charge >= 0.3 is 5.97 Å². The van der Waals surface area contributed by atoms with Crippen LogP contribution in [0.15, 0.2) is 71.2 Å². The zero-order valence-electron chi connectivity index (χ0n) is 16.8. The van der Waals surface area contributed by atoms with Gasteiger partial charge in [0.1, 0.15) is 0 Å². The number of Topliss-reactive ketones (excluding diaryl/α,β-unsaturated/α-hetero) is 1. The lowest BCUT2D eigenvalue weighted by atomic mass is 9.99. The fourth-order valence-corrected chi connectivity index (χ4v) is 3.47. The Balaban J connectivity index is 2.05. The fraction of sp³-hybridized carbons (Fsp3) is 0.0476. The number of halogens is 1. The lowest BCUT2D eigenvalue weighted by Gasteiger charge is -2.17. The normalized spacial score (nSPS) is 11.3. The second-order valence-corrected chi connectivity index (χ2v) is 7.50. The van der Waals surface area contributed by atoms with Gasteiger partial charge in [-0.15, -0.1) is 0 Å². The van der Waals surface area contributed by atoms with Crippen LogP contribution in [0.3, 0.4) is 0 Å². The van der Waals surface area contributed by atoms with E-state index in [4.69, 9.17) is 4.74 Å². The number of rotatable bonds is 8. The second kappa shape index (κ2) is 9.95. The molecule has 12 nitrogen and oxygen atoms in total. The highest BCUT2D eigenvalue weighted by atomic mass is 79.9. The zero-order chi connectivity index (χ0) is 25.0. The molecule has 0 saturated heterocycles. The molecule has 0 aliphatic carbocycles. The van der Waals surface area contributed by atoms with E-state index in [9.17, 15) is 39.9 Å². The van der Waals surface area contributed by atoms with E-state index in [2.05, 4.69) is 15.9 Å². The molecule has 0 unspecified atom stereocenters. The van der Waals surface area contributed by atoms with Crippen LogP contribution in [0.5, 0.6) is 0 Å². The first-order valence-corrected chi connectivity index (χ1v) is 10.1. The van der Waals surface area contributed by atoms with Crippen LogP contribution >= 0.6 is 15.9 Å². The third kappa shape index (κ3) is 5.10. The molecule has 34 heavy (non-hydrogen) atoms. The third-order valence-corrected chi connectivity index (χ3v) is 5.40. The Morgan fingerprint density at radius 1 is 0.765 bits per heavy atom. The summed E-state index contributed by atoms with van der Waals surface area (Å²) in [5.41, 5.74) is -2.04. The average Bonchev–Trinajstić information content (AvgIpc) is 2.82. The first-order valence-electron chi connectivity index (χ1n) is 9.27. The minimum atomic E-state index is -1.59. The van der Waals surface area contributed by atoms with E-state index < -0.39 is 54.0 Å². The van der Waals surface area contributed by atoms with Gasteiger partial charge < -0.3 is 4.74 Å². The van der Waals surface area contributed by atoms with Crippen LogP contribution < -0.4 is 0 Å². The van der Waals surface area contributed by atoms with Gasteiger partial charge in [0.2, 0.25) is 5.78 Å². The lowest BCUT2D eigenvalue weighted by Crippen LogP contribution is -2.20. The maximum absolute atomic E-state index is 13.1. The fourth-order valence-electron chi connectivity index (χ4n) is 2.95. The van der Waals surface area contributed by atoms with Crippen molar-refractivity contribution in [1.29, 1.82) is 0 Å². The van der Waals surface area contributed by atoms with Gasteiger partial charge in [-0.3, -0.25) is 35.1 Å². The molecule has 0 aliphatic heterocycles. The number of hydrogen-bond donors (Lipinski definition) is 0. The van der Waals surface area contributed by atoms with E-state index in [0.29, 0.717) is 0 Å². The van der Waals surface area contributed by atoms with Crippen LogP contribution in [0.4, 0.5) is 17.1 Å². The summed E-state index contributed by atoms with van der Waals surface area (Å²) in [6, 6.07) is 14.0. The number of non-ortho nitro benzene ring substituents is 1. The first kappa shape index (κ1) is 24.1. The highest BCUT2D eigenvalue weighted by Crippen LogP contribution is 2.36. The third-order valence-electron chi connectivity index (χ3n) is 4.59. The number of carbonyl (C=O) groups is 2. The lowest BCUT2D eigenvalue weighted by molar-refractivity contribution is -0.395. The van der Waals surface area contributed by atoms with Gasteiger partial charge in [-0.2, -0.15) is 0 Å². The number of nitrogens with zero attached hydrogens (tertiary/aromatic N) is 3. The van der Waals surface area contributed by atoms with E-state index in [1.165, 1.54) is 24.3 Å². The van der Waals surface area contributed by atoms with Crippen molar-refractivity contribution in [2.45, 2.75) is 6.10 Å². The second-order valence-electron chi connectivity index (χ2n) is 6.71. The Morgan fingerprint density at radius 2 is 1.29 bits per heavy atom. The maximum atomic E-state index is 13.1.